The first-order valence-corrected chi connectivity index (χ1v) is 6.63. The number of carbonyl (C=O) groups is 1. The predicted molar refractivity (Wildman–Crippen MR) is 70.3 cm³/mol. The zero-order chi connectivity index (χ0) is 12.8. The van der Waals surface area contributed by atoms with Gasteiger partial charge >= 0.3 is 0 Å². The van der Waals surface area contributed by atoms with Crippen molar-refractivity contribution in [2.75, 3.05) is 13.2 Å². The van der Waals surface area contributed by atoms with Gasteiger partial charge in [-0.2, -0.15) is 0 Å². The Labute approximate surface area is 108 Å². The van der Waals surface area contributed by atoms with Crippen molar-refractivity contribution in [1.82, 2.24) is 0 Å². The second-order valence-corrected chi connectivity index (χ2v) is 4.74. The zero-order valence-corrected chi connectivity index (χ0v) is 10.9. The van der Waals surface area contributed by atoms with Crippen LogP contribution in [0.1, 0.15) is 38.2 Å². The molecule has 0 fully saturated rings. The van der Waals surface area contributed by atoms with Gasteiger partial charge in [0.05, 0.1) is 13.2 Å². The lowest BCUT2D eigenvalue weighted by atomic mass is 10.1. The Morgan fingerprint density at radius 2 is 1.94 bits per heavy atom. The molecule has 98 valence electrons. The summed E-state index contributed by atoms with van der Waals surface area (Å²) in [7, 11) is 0. The minimum absolute atomic E-state index is 0.272. The average Bonchev–Trinajstić information content (AvgIpc) is 2.59. The Balaban J connectivity index is 1.89. The fraction of sp³-hybridized carbons (Fsp3) is 0.533. The van der Waals surface area contributed by atoms with Crippen molar-refractivity contribution in [3.63, 3.8) is 0 Å². The normalized spacial score (nSPS) is 14.1. The summed E-state index contributed by atoms with van der Waals surface area (Å²) in [4.78, 5) is 10.8. The van der Waals surface area contributed by atoms with Crippen LogP contribution in [0.25, 0.3) is 0 Å². The first kappa shape index (κ1) is 12.9. The zero-order valence-electron chi connectivity index (χ0n) is 10.9. The maximum absolute atomic E-state index is 10.8. The van der Waals surface area contributed by atoms with Gasteiger partial charge in [-0.05, 0) is 43.9 Å². The number of hydrogen-bond acceptors (Lipinski definition) is 3. The SMILES string of the molecule is CC(=O)CCCCc1ccc2c(c1)OCCCO2. The van der Waals surface area contributed by atoms with E-state index >= 15 is 0 Å². The number of fused-ring (bicyclic) bond motifs is 1. The van der Waals surface area contributed by atoms with E-state index in [1.54, 1.807) is 6.92 Å². The molecule has 0 spiro atoms. The van der Waals surface area contributed by atoms with Gasteiger partial charge in [0.25, 0.3) is 0 Å². The molecule has 0 atom stereocenters. The van der Waals surface area contributed by atoms with Crippen LogP contribution >= 0.6 is 0 Å². The summed E-state index contributed by atoms with van der Waals surface area (Å²) in [6.45, 7) is 3.10. The van der Waals surface area contributed by atoms with Gasteiger partial charge < -0.3 is 14.3 Å². The molecule has 1 heterocycles. The van der Waals surface area contributed by atoms with Crippen LogP contribution < -0.4 is 9.47 Å². The summed E-state index contributed by atoms with van der Waals surface area (Å²) in [5, 5.41) is 0. The minimum atomic E-state index is 0.272. The third-order valence-electron chi connectivity index (χ3n) is 3.06. The van der Waals surface area contributed by atoms with E-state index in [1.807, 2.05) is 6.07 Å². The van der Waals surface area contributed by atoms with Crippen LogP contribution in [0.15, 0.2) is 18.2 Å². The Hall–Kier alpha value is -1.51. The molecule has 0 amide bonds. The molecule has 0 aromatic heterocycles. The molecular formula is C15H20O3. The summed E-state index contributed by atoms with van der Waals surface area (Å²) in [5.41, 5.74) is 1.25. The third-order valence-corrected chi connectivity index (χ3v) is 3.06. The van der Waals surface area contributed by atoms with E-state index in [0.29, 0.717) is 6.42 Å². The Morgan fingerprint density at radius 3 is 2.72 bits per heavy atom. The standard InChI is InChI=1S/C15H20O3/c1-12(16)5-2-3-6-13-7-8-14-15(11-13)18-10-4-9-17-14/h7-8,11H,2-6,9-10H2,1H3. The molecule has 1 aliphatic rings. The van der Waals surface area contributed by atoms with Crippen LogP contribution in [0, 0.1) is 0 Å². The van der Waals surface area contributed by atoms with E-state index in [4.69, 9.17) is 9.47 Å². The van der Waals surface area contributed by atoms with E-state index in [-0.39, 0.29) is 5.78 Å². The van der Waals surface area contributed by atoms with Gasteiger partial charge in [-0.3, -0.25) is 0 Å². The molecule has 1 aliphatic heterocycles. The lowest BCUT2D eigenvalue weighted by Gasteiger charge is -2.09. The molecular weight excluding hydrogens is 228 g/mol. The molecule has 0 saturated carbocycles. The van der Waals surface area contributed by atoms with Crippen LogP contribution in [0.5, 0.6) is 11.5 Å². The molecule has 1 aromatic carbocycles. The number of hydrogen-bond donors (Lipinski definition) is 0. The molecule has 0 saturated heterocycles. The van der Waals surface area contributed by atoms with E-state index < -0.39 is 0 Å². The number of Topliss-reactive ketones (excluding diaryl/α,β-unsaturated/α-hetero) is 1. The predicted octanol–water partition coefficient (Wildman–Crippen LogP) is 3.15. The highest BCUT2D eigenvalue weighted by Crippen LogP contribution is 2.30. The highest BCUT2D eigenvalue weighted by atomic mass is 16.5. The van der Waals surface area contributed by atoms with Crippen molar-refractivity contribution in [3.8, 4) is 11.5 Å². The molecule has 0 N–H and O–H groups in total. The lowest BCUT2D eigenvalue weighted by molar-refractivity contribution is -0.117. The van der Waals surface area contributed by atoms with Crippen LogP contribution in [-0.2, 0) is 11.2 Å². The minimum Gasteiger partial charge on any atom is -0.490 e. The topological polar surface area (TPSA) is 35.5 Å². The fourth-order valence-electron chi connectivity index (χ4n) is 2.07. The fourth-order valence-corrected chi connectivity index (χ4v) is 2.07. The first-order chi connectivity index (χ1) is 8.75. The molecule has 0 aliphatic carbocycles. The molecule has 3 nitrogen and oxygen atoms in total. The Bertz CT molecular complexity index is 412. The van der Waals surface area contributed by atoms with Crippen molar-refractivity contribution in [3.05, 3.63) is 23.8 Å². The number of ether oxygens (including phenoxy) is 2. The quantitative estimate of drug-likeness (QED) is 0.751. The van der Waals surface area contributed by atoms with Gasteiger partial charge in [-0.15, -0.1) is 0 Å². The van der Waals surface area contributed by atoms with Crippen molar-refractivity contribution >= 4 is 5.78 Å². The molecule has 0 unspecified atom stereocenters. The first-order valence-electron chi connectivity index (χ1n) is 6.63. The largest absolute Gasteiger partial charge is 0.490 e. The van der Waals surface area contributed by atoms with Crippen LogP contribution in [0.3, 0.4) is 0 Å². The van der Waals surface area contributed by atoms with Gasteiger partial charge in [0.1, 0.15) is 5.78 Å². The summed E-state index contributed by atoms with van der Waals surface area (Å²) < 4.78 is 11.2. The highest BCUT2D eigenvalue weighted by molar-refractivity contribution is 5.75. The molecule has 3 heteroatoms. The average molecular weight is 248 g/mol. The van der Waals surface area contributed by atoms with E-state index in [0.717, 1.165) is 50.4 Å². The van der Waals surface area contributed by atoms with Crippen molar-refractivity contribution in [1.29, 1.82) is 0 Å². The van der Waals surface area contributed by atoms with Crippen LogP contribution in [0.2, 0.25) is 0 Å². The van der Waals surface area contributed by atoms with E-state index in [2.05, 4.69) is 12.1 Å². The number of rotatable bonds is 5. The van der Waals surface area contributed by atoms with Gasteiger partial charge in [0.2, 0.25) is 0 Å². The Morgan fingerprint density at radius 1 is 1.17 bits per heavy atom. The molecule has 0 radical (unpaired) electrons. The monoisotopic (exact) mass is 248 g/mol. The van der Waals surface area contributed by atoms with Gasteiger partial charge in [0.15, 0.2) is 11.5 Å². The summed E-state index contributed by atoms with van der Waals surface area (Å²) in [5.74, 6) is 1.98. The van der Waals surface area contributed by atoms with Crippen molar-refractivity contribution in [2.24, 2.45) is 0 Å². The summed E-state index contributed by atoms with van der Waals surface area (Å²) in [6, 6.07) is 6.14. The van der Waals surface area contributed by atoms with Gasteiger partial charge in [-0.1, -0.05) is 6.07 Å². The number of carbonyl (C=O) groups excluding carboxylic acids is 1. The smallest absolute Gasteiger partial charge is 0.161 e. The molecule has 1 aromatic rings. The number of aryl methyl sites for hydroxylation is 1. The maximum atomic E-state index is 10.8. The van der Waals surface area contributed by atoms with E-state index in [1.165, 1.54) is 5.56 Å². The maximum Gasteiger partial charge on any atom is 0.161 e. The van der Waals surface area contributed by atoms with Crippen LogP contribution in [-0.4, -0.2) is 19.0 Å². The summed E-state index contributed by atoms with van der Waals surface area (Å²) in [6.07, 6.45) is 4.61. The lowest BCUT2D eigenvalue weighted by Crippen LogP contribution is -1.97. The van der Waals surface area contributed by atoms with Gasteiger partial charge in [0, 0.05) is 12.8 Å². The van der Waals surface area contributed by atoms with Crippen LogP contribution in [0.4, 0.5) is 0 Å². The molecule has 18 heavy (non-hydrogen) atoms. The number of ketones is 1. The molecule has 0 bridgehead atoms. The second kappa shape index (κ2) is 6.43. The highest BCUT2D eigenvalue weighted by Gasteiger charge is 2.10. The van der Waals surface area contributed by atoms with Gasteiger partial charge in [-0.25, -0.2) is 0 Å². The van der Waals surface area contributed by atoms with E-state index in [9.17, 15) is 4.79 Å². The second-order valence-electron chi connectivity index (χ2n) is 4.74. The summed E-state index contributed by atoms with van der Waals surface area (Å²) >= 11 is 0. The Kier molecular flexibility index (Phi) is 4.62. The van der Waals surface area contributed by atoms with Crippen molar-refractivity contribution < 1.29 is 14.3 Å². The molecule has 2 rings (SSSR count). The number of unbranched alkanes of at least 4 members (excludes halogenated alkanes) is 1. The number of benzene rings is 1. The third kappa shape index (κ3) is 3.76. The van der Waals surface area contributed by atoms with Crippen molar-refractivity contribution in [2.45, 2.75) is 39.0 Å².